The molecule has 0 saturated carbocycles. The van der Waals surface area contributed by atoms with Crippen LogP contribution in [0.5, 0.6) is 0 Å². The zero-order chi connectivity index (χ0) is 9.26. The van der Waals surface area contributed by atoms with Gasteiger partial charge in [0.15, 0.2) is 10.8 Å². The number of nitrogens with zero attached hydrogens (tertiary/aromatic N) is 4. The molecule has 0 aliphatic rings. The first-order valence-corrected chi connectivity index (χ1v) is 4.81. The number of fused-ring (bicyclic) bond motifs is 1. The molecule has 2 rings (SSSR count). The Bertz CT molecular complexity index is 444. The molecule has 0 fully saturated rings. The molecule has 0 bridgehead atoms. The van der Waals surface area contributed by atoms with Gasteiger partial charge in [-0.3, -0.25) is 0 Å². The van der Waals surface area contributed by atoms with Crippen LogP contribution in [0.3, 0.4) is 0 Å². The van der Waals surface area contributed by atoms with Crippen molar-refractivity contribution in [1.29, 1.82) is 0 Å². The minimum Gasteiger partial charge on any atom is -0.383 e. The maximum absolute atomic E-state index is 5.61. The molecule has 6 heteroatoms. The Morgan fingerprint density at radius 2 is 2.15 bits per heavy atom. The lowest BCUT2D eigenvalue weighted by atomic mass is 10.4. The van der Waals surface area contributed by atoms with E-state index in [1.165, 1.54) is 18.1 Å². The number of hydrogen-bond donors (Lipinski definition) is 1. The number of thioether (sulfide) groups is 1. The molecule has 0 radical (unpaired) electrons. The summed E-state index contributed by atoms with van der Waals surface area (Å²) >= 11 is 1.47. The zero-order valence-electron chi connectivity index (χ0n) is 6.93. The fraction of sp³-hybridized carbons (Fsp3) is 0.143. The fourth-order valence-electron chi connectivity index (χ4n) is 0.950. The first-order valence-electron chi connectivity index (χ1n) is 3.58. The van der Waals surface area contributed by atoms with Crippen molar-refractivity contribution in [3.63, 3.8) is 0 Å². The SMILES string of the molecule is CSc1ncc2c(N)ncnc2n1. The van der Waals surface area contributed by atoms with Gasteiger partial charge in [-0.15, -0.1) is 0 Å². The van der Waals surface area contributed by atoms with Crippen LogP contribution >= 0.6 is 11.8 Å². The summed E-state index contributed by atoms with van der Waals surface area (Å²) in [5, 5.41) is 1.38. The number of hydrogen-bond acceptors (Lipinski definition) is 6. The predicted octanol–water partition coefficient (Wildman–Crippen LogP) is 0.724. The van der Waals surface area contributed by atoms with Crippen LogP contribution in [0.4, 0.5) is 5.82 Å². The molecule has 0 saturated heterocycles. The molecule has 0 spiro atoms. The van der Waals surface area contributed by atoms with E-state index in [0.717, 1.165) is 0 Å². The highest BCUT2D eigenvalue weighted by Gasteiger charge is 2.02. The maximum Gasteiger partial charge on any atom is 0.189 e. The third-order valence-electron chi connectivity index (χ3n) is 1.58. The van der Waals surface area contributed by atoms with Gasteiger partial charge in [0.1, 0.15) is 12.1 Å². The Hall–Kier alpha value is -1.43. The van der Waals surface area contributed by atoms with Crippen molar-refractivity contribution in [1.82, 2.24) is 19.9 Å². The number of nitrogen functional groups attached to an aromatic ring is 1. The molecule has 13 heavy (non-hydrogen) atoms. The van der Waals surface area contributed by atoms with Gasteiger partial charge >= 0.3 is 0 Å². The highest BCUT2D eigenvalue weighted by atomic mass is 32.2. The van der Waals surface area contributed by atoms with E-state index < -0.39 is 0 Å². The van der Waals surface area contributed by atoms with Gasteiger partial charge in [0.2, 0.25) is 0 Å². The van der Waals surface area contributed by atoms with Crippen molar-refractivity contribution in [3.8, 4) is 0 Å². The van der Waals surface area contributed by atoms with Gasteiger partial charge in [-0.1, -0.05) is 11.8 Å². The van der Waals surface area contributed by atoms with Gasteiger partial charge in [0.25, 0.3) is 0 Å². The topological polar surface area (TPSA) is 77.6 Å². The second-order valence-electron chi connectivity index (χ2n) is 2.35. The molecule has 0 aliphatic heterocycles. The molecule has 66 valence electrons. The molecule has 0 unspecified atom stereocenters. The van der Waals surface area contributed by atoms with Gasteiger partial charge < -0.3 is 5.73 Å². The van der Waals surface area contributed by atoms with Crippen molar-refractivity contribution < 1.29 is 0 Å². The number of rotatable bonds is 1. The summed E-state index contributed by atoms with van der Waals surface area (Å²) in [6, 6.07) is 0. The fourth-order valence-corrected chi connectivity index (χ4v) is 1.29. The smallest absolute Gasteiger partial charge is 0.189 e. The van der Waals surface area contributed by atoms with Gasteiger partial charge in [-0.25, -0.2) is 19.9 Å². The summed E-state index contributed by atoms with van der Waals surface area (Å²) in [5.41, 5.74) is 6.20. The van der Waals surface area contributed by atoms with E-state index >= 15 is 0 Å². The highest BCUT2D eigenvalue weighted by Crippen LogP contribution is 2.16. The van der Waals surface area contributed by atoms with Gasteiger partial charge in [0, 0.05) is 6.20 Å². The Labute approximate surface area is 78.8 Å². The van der Waals surface area contributed by atoms with Crippen LogP contribution < -0.4 is 5.73 Å². The third-order valence-corrected chi connectivity index (χ3v) is 2.14. The molecule has 2 aromatic rings. The number of anilines is 1. The van der Waals surface area contributed by atoms with Crippen molar-refractivity contribution >= 4 is 28.6 Å². The first kappa shape index (κ1) is 8.18. The van der Waals surface area contributed by atoms with Crippen LogP contribution in [0.1, 0.15) is 0 Å². The molecule has 0 aliphatic carbocycles. The summed E-state index contributed by atoms with van der Waals surface area (Å²) in [5.74, 6) is 0.414. The monoisotopic (exact) mass is 193 g/mol. The van der Waals surface area contributed by atoms with Crippen molar-refractivity contribution in [2.24, 2.45) is 0 Å². The van der Waals surface area contributed by atoms with E-state index in [1.54, 1.807) is 6.20 Å². The van der Waals surface area contributed by atoms with Crippen LogP contribution in [-0.4, -0.2) is 26.2 Å². The van der Waals surface area contributed by atoms with Crippen LogP contribution in [0, 0.1) is 0 Å². The van der Waals surface area contributed by atoms with E-state index in [4.69, 9.17) is 5.73 Å². The van der Waals surface area contributed by atoms with E-state index in [2.05, 4.69) is 19.9 Å². The second kappa shape index (κ2) is 3.14. The lowest BCUT2D eigenvalue weighted by Crippen LogP contribution is -1.96. The van der Waals surface area contributed by atoms with Gasteiger partial charge in [-0.2, -0.15) is 0 Å². The molecule has 0 atom stereocenters. The van der Waals surface area contributed by atoms with Crippen LogP contribution in [-0.2, 0) is 0 Å². The molecule has 2 aromatic heterocycles. The quantitative estimate of drug-likeness (QED) is 0.531. The summed E-state index contributed by atoms with van der Waals surface area (Å²) in [6.45, 7) is 0. The molecular formula is C7H7N5S. The van der Waals surface area contributed by atoms with E-state index in [1.807, 2.05) is 6.26 Å². The third kappa shape index (κ3) is 1.40. The Morgan fingerprint density at radius 1 is 1.31 bits per heavy atom. The second-order valence-corrected chi connectivity index (χ2v) is 3.13. The van der Waals surface area contributed by atoms with Crippen molar-refractivity contribution in [2.75, 3.05) is 12.0 Å². The summed E-state index contributed by atoms with van der Waals surface area (Å²) in [7, 11) is 0. The molecular weight excluding hydrogens is 186 g/mol. The zero-order valence-corrected chi connectivity index (χ0v) is 7.75. The van der Waals surface area contributed by atoms with Gasteiger partial charge in [-0.05, 0) is 6.26 Å². The average Bonchev–Trinajstić information content (AvgIpc) is 2.18. The Morgan fingerprint density at radius 3 is 2.92 bits per heavy atom. The first-order chi connectivity index (χ1) is 6.31. The van der Waals surface area contributed by atoms with E-state index in [0.29, 0.717) is 22.0 Å². The van der Waals surface area contributed by atoms with Crippen LogP contribution in [0.2, 0.25) is 0 Å². The van der Waals surface area contributed by atoms with Crippen molar-refractivity contribution in [3.05, 3.63) is 12.5 Å². The normalized spacial score (nSPS) is 10.5. The molecule has 2 N–H and O–H groups in total. The summed E-state index contributed by atoms with van der Waals surface area (Å²) in [4.78, 5) is 16.1. The summed E-state index contributed by atoms with van der Waals surface area (Å²) < 4.78 is 0. The molecule has 5 nitrogen and oxygen atoms in total. The predicted molar refractivity (Wildman–Crippen MR) is 51.3 cm³/mol. The summed E-state index contributed by atoms with van der Waals surface area (Å²) in [6.07, 6.45) is 4.95. The average molecular weight is 193 g/mol. The minimum absolute atomic E-state index is 0.414. The van der Waals surface area contributed by atoms with E-state index in [-0.39, 0.29) is 0 Å². The Kier molecular flexibility index (Phi) is 1.97. The molecule has 0 amide bonds. The molecule has 0 aromatic carbocycles. The standard InChI is InChI=1S/C7H7N5S/c1-13-7-9-2-4-5(8)10-3-11-6(4)12-7/h2-3H,1H3,(H2,8,9,10,11,12). The van der Waals surface area contributed by atoms with Crippen molar-refractivity contribution in [2.45, 2.75) is 5.16 Å². The number of nitrogens with two attached hydrogens (primary N) is 1. The lowest BCUT2D eigenvalue weighted by molar-refractivity contribution is 0.985. The largest absolute Gasteiger partial charge is 0.383 e. The Balaban J connectivity index is 2.72. The van der Waals surface area contributed by atoms with Gasteiger partial charge in [0.05, 0.1) is 5.39 Å². The maximum atomic E-state index is 5.61. The van der Waals surface area contributed by atoms with E-state index in [9.17, 15) is 0 Å². The highest BCUT2D eigenvalue weighted by molar-refractivity contribution is 7.98. The molecule has 2 heterocycles. The van der Waals surface area contributed by atoms with Crippen LogP contribution in [0.25, 0.3) is 11.0 Å². The lowest BCUT2D eigenvalue weighted by Gasteiger charge is -1.99. The number of aromatic nitrogens is 4. The van der Waals surface area contributed by atoms with Crippen LogP contribution in [0.15, 0.2) is 17.7 Å². The minimum atomic E-state index is 0.414.